The second-order valence-corrected chi connectivity index (χ2v) is 9.39. The average molecular weight is 498 g/mol. The maximum Gasteiger partial charge on any atom is 0.264 e. The Morgan fingerprint density at radius 2 is 1.57 bits per heavy atom. The number of anilines is 3. The molecule has 1 aliphatic rings. The number of carbonyl (C=O) groups excluding carboxylic acids is 1. The molecule has 1 amide bonds. The summed E-state index contributed by atoms with van der Waals surface area (Å²) in [6.07, 6.45) is 0. The van der Waals surface area contributed by atoms with Crippen molar-refractivity contribution in [3.05, 3.63) is 72.3 Å². The van der Waals surface area contributed by atoms with E-state index in [4.69, 9.17) is 14.2 Å². The highest BCUT2D eigenvalue weighted by Crippen LogP contribution is 2.33. The maximum atomic E-state index is 13.6. The molecule has 0 unspecified atom stereocenters. The van der Waals surface area contributed by atoms with Crippen LogP contribution in [-0.2, 0) is 14.8 Å². The zero-order valence-corrected chi connectivity index (χ0v) is 20.3. The van der Waals surface area contributed by atoms with E-state index in [1.54, 1.807) is 60.7 Å². The Bertz CT molecular complexity index is 1310. The molecule has 1 heterocycles. The minimum absolute atomic E-state index is 0.0307. The molecule has 9 nitrogen and oxygen atoms in total. The van der Waals surface area contributed by atoms with E-state index in [1.165, 1.54) is 20.3 Å². The quantitative estimate of drug-likeness (QED) is 0.490. The molecule has 1 saturated heterocycles. The topological polar surface area (TPSA) is 106 Å². The van der Waals surface area contributed by atoms with Gasteiger partial charge in [0.2, 0.25) is 0 Å². The van der Waals surface area contributed by atoms with Crippen molar-refractivity contribution in [1.82, 2.24) is 0 Å². The minimum atomic E-state index is -4.05. The lowest BCUT2D eigenvalue weighted by Gasteiger charge is -2.30. The van der Waals surface area contributed by atoms with Crippen molar-refractivity contribution in [3.8, 4) is 11.5 Å². The van der Waals surface area contributed by atoms with Crippen LogP contribution in [-0.4, -0.2) is 54.8 Å². The number of rotatable bonds is 8. The van der Waals surface area contributed by atoms with E-state index < -0.39 is 15.9 Å². The van der Waals surface area contributed by atoms with Crippen molar-refractivity contribution >= 4 is 33.0 Å². The predicted octanol–water partition coefficient (Wildman–Crippen LogP) is 3.59. The minimum Gasteiger partial charge on any atom is -0.496 e. The first-order valence-corrected chi connectivity index (χ1v) is 12.5. The molecule has 35 heavy (non-hydrogen) atoms. The van der Waals surface area contributed by atoms with Gasteiger partial charge in [-0.15, -0.1) is 0 Å². The van der Waals surface area contributed by atoms with Crippen LogP contribution in [0.2, 0.25) is 0 Å². The molecule has 1 fully saturated rings. The second-order valence-electron chi connectivity index (χ2n) is 7.74. The summed E-state index contributed by atoms with van der Waals surface area (Å²) in [6, 6.07) is 18.4. The zero-order chi connectivity index (χ0) is 24.8. The van der Waals surface area contributed by atoms with Gasteiger partial charge in [0.05, 0.1) is 44.4 Å². The van der Waals surface area contributed by atoms with Crippen molar-refractivity contribution in [2.24, 2.45) is 0 Å². The van der Waals surface area contributed by atoms with Crippen molar-refractivity contribution in [2.45, 2.75) is 4.90 Å². The van der Waals surface area contributed by atoms with E-state index in [0.717, 1.165) is 0 Å². The van der Waals surface area contributed by atoms with Gasteiger partial charge in [0, 0.05) is 18.8 Å². The lowest BCUT2D eigenvalue weighted by Crippen LogP contribution is -2.37. The summed E-state index contributed by atoms with van der Waals surface area (Å²) in [5.74, 6) is 0.396. The maximum absolute atomic E-state index is 13.6. The standard InChI is InChI=1S/C25H27N3O6S/c1-32-22-9-5-3-7-19(22)25(29)26-18-11-12-21(28-13-15-34-16-14-28)24(17-18)35(30,31)27-20-8-4-6-10-23(20)33-2/h3-12,17,27H,13-16H2,1-2H3,(H,26,29). The van der Waals surface area contributed by atoms with Crippen LogP contribution in [0.3, 0.4) is 0 Å². The number of para-hydroxylation sites is 3. The van der Waals surface area contributed by atoms with Gasteiger partial charge in [0.15, 0.2) is 0 Å². The van der Waals surface area contributed by atoms with E-state index >= 15 is 0 Å². The Labute approximate surface area is 204 Å². The molecule has 3 aromatic carbocycles. The fourth-order valence-corrected chi connectivity index (χ4v) is 5.15. The Morgan fingerprint density at radius 3 is 2.29 bits per heavy atom. The van der Waals surface area contributed by atoms with Crippen LogP contribution < -0.4 is 24.4 Å². The predicted molar refractivity (Wildman–Crippen MR) is 134 cm³/mol. The van der Waals surface area contributed by atoms with Crippen molar-refractivity contribution in [2.75, 3.05) is 55.5 Å². The summed E-state index contributed by atoms with van der Waals surface area (Å²) < 4.78 is 45.8. The number of benzene rings is 3. The SMILES string of the molecule is COc1ccccc1NS(=O)(=O)c1cc(NC(=O)c2ccccc2OC)ccc1N1CCOCC1. The first-order valence-electron chi connectivity index (χ1n) is 11.0. The monoisotopic (exact) mass is 497 g/mol. The molecule has 0 atom stereocenters. The smallest absolute Gasteiger partial charge is 0.264 e. The highest BCUT2D eigenvalue weighted by atomic mass is 32.2. The summed E-state index contributed by atoms with van der Waals surface area (Å²) >= 11 is 0. The van der Waals surface area contributed by atoms with Crippen LogP contribution in [0.4, 0.5) is 17.1 Å². The van der Waals surface area contributed by atoms with Gasteiger partial charge in [-0.1, -0.05) is 24.3 Å². The van der Waals surface area contributed by atoms with Crippen molar-refractivity contribution in [1.29, 1.82) is 0 Å². The summed E-state index contributed by atoms with van der Waals surface area (Å²) in [5, 5.41) is 2.78. The normalized spacial score (nSPS) is 13.7. The molecule has 2 N–H and O–H groups in total. The average Bonchev–Trinajstić information content (AvgIpc) is 2.89. The van der Waals surface area contributed by atoms with Crippen molar-refractivity contribution in [3.63, 3.8) is 0 Å². The van der Waals surface area contributed by atoms with Gasteiger partial charge in [-0.05, 0) is 42.5 Å². The van der Waals surface area contributed by atoms with Crippen LogP contribution in [0.15, 0.2) is 71.6 Å². The third-order valence-corrected chi connectivity index (χ3v) is 6.96. The zero-order valence-electron chi connectivity index (χ0n) is 19.5. The molecule has 1 aliphatic heterocycles. The molecule has 10 heteroatoms. The highest BCUT2D eigenvalue weighted by Gasteiger charge is 2.25. The Hall–Kier alpha value is -3.76. The van der Waals surface area contributed by atoms with Crippen LogP contribution in [0.25, 0.3) is 0 Å². The van der Waals surface area contributed by atoms with Crippen LogP contribution in [0, 0.1) is 0 Å². The number of methoxy groups -OCH3 is 2. The number of hydrogen-bond donors (Lipinski definition) is 2. The van der Waals surface area contributed by atoms with E-state index in [9.17, 15) is 13.2 Å². The molecule has 0 aromatic heterocycles. The number of carbonyl (C=O) groups is 1. The number of morpholine rings is 1. The number of nitrogens with zero attached hydrogens (tertiary/aromatic N) is 1. The fraction of sp³-hybridized carbons (Fsp3) is 0.240. The summed E-state index contributed by atoms with van der Waals surface area (Å²) in [4.78, 5) is 14.9. The van der Waals surface area contributed by atoms with Crippen LogP contribution in [0.1, 0.15) is 10.4 Å². The van der Waals surface area contributed by atoms with Gasteiger partial charge in [0.25, 0.3) is 15.9 Å². The van der Waals surface area contributed by atoms with Gasteiger partial charge in [0.1, 0.15) is 16.4 Å². The molecule has 0 aliphatic carbocycles. The highest BCUT2D eigenvalue weighted by molar-refractivity contribution is 7.93. The first kappa shape index (κ1) is 24.4. The molecular weight excluding hydrogens is 470 g/mol. The van der Waals surface area contributed by atoms with E-state index in [2.05, 4.69) is 10.0 Å². The van der Waals surface area contributed by atoms with E-state index in [-0.39, 0.29) is 4.90 Å². The Morgan fingerprint density at radius 1 is 0.914 bits per heavy atom. The number of ether oxygens (including phenoxy) is 3. The van der Waals surface area contributed by atoms with Crippen molar-refractivity contribution < 1.29 is 27.4 Å². The molecule has 0 saturated carbocycles. The molecule has 0 spiro atoms. The van der Waals surface area contributed by atoms with Crippen LogP contribution >= 0.6 is 0 Å². The summed E-state index contributed by atoms with van der Waals surface area (Å²) in [5.41, 5.74) is 1.50. The number of nitrogens with one attached hydrogen (secondary N) is 2. The van der Waals surface area contributed by atoms with Gasteiger partial charge in [-0.3, -0.25) is 9.52 Å². The Kier molecular flexibility index (Phi) is 7.42. The third-order valence-electron chi connectivity index (χ3n) is 5.56. The molecule has 4 rings (SSSR count). The lowest BCUT2D eigenvalue weighted by atomic mass is 10.1. The van der Waals surface area contributed by atoms with Gasteiger partial charge in [-0.25, -0.2) is 8.42 Å². The molecular formula is C25H27N3O6S. The Balaban J connectivity index is 1.71. The molecule has 3 aromatic rings. The van der Waals surface area contributed by atoms with Gasteiger partial charge < -0.3 is 24.4 Å². The lowest BCUT2D eigenvalue weighted by molar-refractivity contribution is 0.102. The fourth-order valence-electron chi connectivity index (χ4n) is 3.83. The largest absolute Gasteiger partial charge is 0.496 e. The summed E-state index contributed by atoms with van der Waals surface area (Å²) in [7, 11) is -1.09. The number of amides is 1. The number of sulfonamides is 1. The van der Waals surface area contributed by atoms with E-state index in [0.29, 0.717) is 60.4 Å². The third kappa shape index (κ3) is 5.50. The molecule has 0 bridgehead atoms. The first-order chi connectivity index (χ1) is 16.9. The molecule has 184 valence electrons. The number of hydrogen-bond acceptors (Lipinski definition) is 7. The van der Waals surface area contributed by atoms with E-state index in [1.807, 2.05) is 4.90 Å². The second kappa shape index (κ2) is 10.7. The van der Waals surface area contributed by atoms with Gasteiger partial charge in [-0.2, -0.15) is 0 Å². The van der Waals surface area contributed by atoms with Crippen LogP contribution in [0.5, 0.6) is 11.5 Å². The van der Waals surface area contributed by atoms with Gasteiger partial charge >= 0.3 is 0 Å². The molecule has 0 radical (unpaired) electrons. The summed E-state index contributed by atoms with van der Waals surface area (Å²) in [6.45, 7) is 2.08.